The van der Waals surface area contributed by atoms with Crippen LogP contribution in [0.1, 0.15) is 64.2 Å². The van der Waals surface area contributed by atoms with Crippen LogP contribution in [0.4, 0.5) is 0 Å². The Kier molecular flexibility index (Phi) is 22.3. The van der Waals surface area contributed by atoms with E-state index < -0.39 is 5.97 Å². The zero-order valence-electron chi connectivity index (χ0n) is 11.9. The number of rotatable bonds is 12. The Hall–Kier alpha value is -0.210. The van der Waals surface area contributed by atoms with Crippen LogP contribution in [0.2, 0.25) is 0 Å². The van der Waals surface area contributed by atoms with Crippen molar-refractivity contribution in [2.24, 2.45) is 0 Å². The van der Waals surface area contributed by atoms with Gasteiger partial charge in [0.05, 0.1) is 0 Å². The second-order valence-corrected chi connectivity index (χ2v) is 5.21. The number of aliphatic carboxylic acids is 1. The predicted octanol–water partition coefficient (Wildman–Crippen LogP) is 5.62. The molecule has 0 radical (unpaired) electrons. The predicted molar refractivity (Wildman–Crippen MR) is 85.4 cm³/mol. The molecule has 0 aromatic carbocycles. The van der Waals surface area contributed by atoms with Gasteiger partial charge in [0.25, 0.3) is 0 Å². The molecule has 0 rings (SSSR count). The normalized spacial score (nSPS) is 9.58. The van der Waals surface area contributed by atoms with Crippen molar-refractivity contribution in [2.45, 2.75) is 64.2 Å². The van der Waals surface area contributed by atoms with Gasteiger partial charge in [0, 0.05) is 17.8 Å². The van der Waals surface area contributed by atoms with Crippen LogP contribution in [-0.4, -0.2) is 22.8 Å². The van der Waals surface area contributed by atoms with Crippen LogP contribution in [0.3, 0.4) is 0 Å². The van der Waals surface area contributed by atoms with Crippen LogP contribution in [0.15, 0.2) is 12.7 Å². The van der Waals surface area contributed by atoms with E-state index in [1.54, 1.807) is 0 Å². The lowest BCUT2D eigenvalue weighted by Gasteiger charge is -2.00. The lowest BCUT2D eigenvalue weighted by atomic mass is 10.1. The fourth-order valence-corrected chi connectivity index (χ4v) is 1.98. The first-order valence-electron chi connectivity index (χ1n) is 7.16. The number of hydrogen-bond donors (Lipinski definition) is 1. The molecule has 0 aliphatic rings. The molecule has 114 valence electrons. The Balaban J connectivity index is 0. The average Bonchev–Trinajstić information content (AvgIpc) is 2.41. The Morgan fingerprint density at radius 1 is 0.789 bits per heavy atom. The van der Waals surface area contributed by atoms with Crippen molar-refractivity contribution in [1.82, 2.24) is 0 Å². The third kappa shape index (κ3) is 27.1. The highest BCUT2D eigenvalue weighted by molar-refractivity contribution is 6.18. The van der Waals surface area contributed by atoms with E-state index >= 15 is 0 Å². The SMILES string of the molecule is C=CC(=O)O.ClCCCCCCCCCCCCCl. The van der Waals surface area contributed by atoms with E-state index in [4.69, 9.17) is 28.3 Å². The molecule has 0 aromatic rings. The highest BCUT2D eigenvalue weighted by Gasteiger charge is 1.92. The first-order valence-corrected chi connectivity index (χ1v) is 8.23. The van der Waals surface area contributed by atoms with E-state index in [-0.39, 0.29) is 0 Å². The maximum atomic E-state index is 9.25. The van der Waals surface area contributed by atoms with Gasteiger partial charge in [-0.25, -0.2) is 4.79 Å². The minimum atomic E-state index is -0.981. The zero-order chi connectivity index (χ0) is 14.8. The van der Waals surface area contributed by atoms with Crippen LogP contribution in [0.25, 0.3) is 0 Å². The van der Waals surface area contributed by atoms with Crippen LogP contribution < -0.4 is 0 Å². The van der Waals surface area contributed by atoms with Crippen molar-refractivity contribution in [3.63, 3.8) is 0 Å². The summed E-state index contributed by atoms with van der Waals surface area (Å²) in [6.45, 7) is 2.96. The largest absolute Gasteiger partial charge is 0.478 e. The topological polar surface area (TPSA) is 37.3 Å². The van der Waals surface area contributed by atoms with E-state index in [1.165, 1.54) is 64.2 Å². The zero-order valence-corrected chi connectivity index (χ0v) is 13.4. The maximum Gasteiger partial charge on any atom is 0.327 e. The third-order valence-corrected chi connectivity index (χ3v) is 3.23. The molecule has 0 atom stereocenters. The molecule has 0 bridgehead atoms. The van der Waals surface area contributed by atoms with Crippen molar-refractivity contribution < 1.29 is 9.90 Å². The lowest BCUT2D eigenvalue weighted by Crippen LogP contribution is -1.83. The molecular formula is C15H28Cl2O2. The third-order valence-electron chi connectivity index (χ3n) is 2.69. The summed E-state index contributed by atoms with van der Waals surface area (Å²) in [5.74, 6) is 0.682. The van der Waals surface area contributed by atoms with Gasteiger partial charge in [-0.3, -0.25) is 0 Å². The van der Waals surface area contributed by atoms with Gasteiger partial charge in [-0.2, -0.15) is 0 Å². The Morgan fingerprint density at radius 3 is 1.16 bits per heavy atom. The summed E-state index contributed by atoms with van der Waals surface area (Å²) in [6, 6.07) is 0. The fourth-order valence-electron chi connectivity index (χ4n) is 1.60. The molecule has 0 unspecified atom stereocenters. The number of unbranched alkanes of at least 4 members (excludes halogenated alkanes) is 9. The number of carboxylic acids is 1. The molecule has 0 aliphatic carbocycles. The van der Waals surface area contributed by atoms with Crippen molar-refractivity contribution >= 4 is 29.2 Å². The molecule has 0 spiro atoms. The quantitative estimate of drug-likeness (QED) is 0.288. The molecule has 0 heterocycles. The highest BCUT2D eigenvalue weighted by atomic mass is 35.5. The monoisotopic (exact) mass is 310 g/mol. The second-order valence-electron chi connectivity index (χ2n) is 4.46. The van der Waals surface area contributed by atoms with Gasteiger partial charge < -0.3 is 5.11 Å². The molecule has 0 amide bonds. The second kappa shape index (κ2) is 20.1. The Morgan fingerprint density at radius 2 is 1.00 bits per heavy atom. The summed E-state index contributed by atoms with van der Waals surface area (Å²) in [4.78, 5) is 9.25. The first-order chi connectivity index (χ1) is 9.18. The fraction of sp³-hybridized carbons (Fsp3) is 0.800. The minimum absolute atomic E-state index is 0.832. The summed E-state index contributed by atoms with van der Waals surface area (Å²) in [6.07, 6.45) is 14.2. The van der Waals surface area contributed by atoms with Crippen molar-refractivity contribution in [2.75, 3.05) is 11.8 Å². The standard InChI is InChI=1S/C12H24Cl2.C3H4O2/c13-11-9-7-5-3-1-2-4-6-8-10-12-14;1-2-3(4)5/h1-12H2;2H,1H2,(H,4,5). The molecular weight excluding hydrogens is 283 g/mol. The van der Waals surface area contributed by atoms with Crippen LogP contribution in [-0.2, 0) is 4.79 Å². The van der Waals surface area contributed by atoms with Gasteiger partial charge in [-0.05, 0) is 12.8 Å². The summed E-state index contributed by atoms with van der Waals surface area (Å²) >= 11 is 11.2. The van der Waals surface area contributed by atoms with Gasteiger partial charge in [0.15, 0.2) is 0 Å². The Bertz CT molecular complexity index is 185. The molecule has 0 aliphatic heterocycles. The molecule has 0 saturated carbocycles. The molecule has 1 N–H and O–H groups in total. The van der Waals surface area contributed by atoms with Crippen LogP contribution in [0, 0.1) is 0 Å². The van der Waals surface area contributed by atoms with Crippen molar-refractivity contribution in [3.05, 3.63) is 12.7 Å². The van der Waals surface area contributed by atoms with Crippen LogP contribution >= 0.6 is 23.2 Å². The number of hydrogen-bond acceptors (Lipinski definition) is 1. The van der Waals surface area contributed by atoms with Gasteiger partial charge >= 0.3 is 5.97 Å². The molecule has 0 saturated heterocycles. The molecule has 0 aromatic heterocycles. The van der Waals surface area contributed by atoms with Crippen molar-refractivity contribution in [3.8, 4) is 0 Å². The molecule has 19 heavy (non-hydrogen) atoms. The summed E-state index contributed by atoms with van der Waals surface area (Å²) in [5.41, 5.74) is 0. The lowest BCUT2D eigenvalue weighted by molar-refractivity contribution is -0.131. The molecule has 4 heteroatoms. The smallest absolute Gasteiger partial charge is 0.327 e. The Labute approximate surface area is 128 Å². The minimum Gasteiger partial charge on any atom is -0.478 e. The molecule has 0 fully saturated rings. The number of carboxylic acid groups (broad SMARTS) is 1. The summed E-state index contributed by atoms with van der Waals surface area (Å²) < 4.78 is 0. The average molecular weight is 311 g/mol. The number of carbonyl (C=O) groups is 1. The summed E-state index contributed by atoms with van der Waals surface area (Å²) in [5, 5.41) is 7.60. The van der Waals surface area contributed by atoms with Gasteiger partial charge in [-0.1, -0.05) is 57.9 Å². The van der Waals surface area contributed by atoms with Crippen LogP contribution in [0.5, 0.6) is 0 Å². The van der Waals surface area contributed by atoms with E-state index in [1.807, 2.05) is 0 Å². The highest BCUT2D eigenvalue weighted by Crippen LogP contribution is 2.10. The number of halogens is 2. The first kappa shape index (κ1) is 21.1. The van der Waals surface area contributed by atoms with E-state index in [0.717, 1.165) is 17.8 Å². The van der Waals surface area contributed by atoms with E-state index in [0.29, 0.717) is 0 Å². The summed E-state index contributed by atoms with van der Waals surface area (Å²) in [7, 11) is 0. The van der Waals surface area contributed by atoms with E-state index in [9.17, 15) is 4.79 Å². The van der Waals surface area contributed by atoms with Gasteiger partial charge in [0.1, 0.15) is 0 Å². The molecule has 2 nitrogen and oxygen atoms in total. The van der Waals surface area contributed by atoms with Gasteiger partial charge in [0.2, 0.25) is 0 Å². The maximum absolute atomic E-state index is 9.25. The van der Waals surface area contributed by atoms with Crippen molar-refractivity contribution in [1.29, 1.82) is 0 Å². The van der Waals surface area contributed by atoms with Gasteiger partial charge in [-0.15, -0.1) is 23.2 Å². The number of alkyl halides is 2. The van der Waals surface area contributed by atoms with E-state index in [2.05, 4.69) is 6.58 Å².